The SMILES string of the molecule is CN(C)c1nc(N/N=C\c2ccc(F)cc2)nc(Nc2ccc(F)cc2)n1. The molecule has 1 aromatic heterocycles. The number of hydrogen-bond acceptors (Lipinski definition) is 7. The molecule has 27 heavy (non-hydrogen) atoms. The van der Waals surface area contributed by atoms with E-state index in [9.17, 15) is 8.78 Å². The van der Waals surface area contributed by atoms with E-state index in [-0.39, 0.29) is 23.5 Å². The molecule has 3 aromatic rings. The lowest BCUT2D eigenvalue weighted by Crippen LogP contribution is -2.15. The Kier molecular flexibility index (Phi) is 5.50. The van der Waals surface area contributed by atoms with Crippen molar-refractivity contribution in [3.05, 3.63) is 65.7 Å². The molecule has 0 aliphatic carbocycles. The number of benzene rings is 2. The lowest BCUT2D eigenvalue weighted by molar-refractivity contribution is 0.627. The number of nitrogens with zero attached hydrogens (tertiary/aromatic N) is 5. The molecule has 2 N–H and O–H groups in total. The van der Waals surface area contributed by atoms with Crippen molar-refractivity contribution >= 4 is 29.7 Å². The third-order valence-corrected chi connectivity index (χ3v) is 3.37. The van der Waals surface area contributed by atoms with Crippen molar-refractivity contribution in [2.75, 3.05) is 29.7 Å². The number of anilines is 4. The van der Waals surface area contributed by atoms with Crippen molar-refractivity contribution in [1.82, 2.24) is 15.0 Å². The van der Waals surface area contributed by atoms with Crippen molar-refractivity contribution in [3.63, 3.8) is 0 Å². The van der Waals surface area contributed by atoms with E-state index in [0.29, 0.717) is 11.6 Å². The van der Waals surface area contributed by atoms with Crippen LogP contribution in [0.25, 0.3) is 0 Å². The maximum absolute atomic E-state index is 13.0. The van der Waals surface area contributed by atoms with Gasteiger partial charge >= 0.3 is 0 Å². The van der Waals surface area contributed by atoms with Gasteiger partial charge in [0.1, 0.15) is 11.6 Å². The first-order valence-electron chi connectivity index (χ1n) is 8.00. The average molecular weight is 369 g/mol. The molecular weight excluding hydrogens is 352 g/mol. The molecule has 0 aliphatic rings. The molecule has 0 amide bonds. The molecule has 0 spiro atoms. The Labute approximate surface area is 154 Å². The minimum Gasteiger partial charge on any atom is -0.347 e. The molecule has 0 fully saturated rings. The molecule has 3 rings (SSSR count). The summed E-state index contributed by atoms with van der Waals surface area (Å²) < 4.78 is 26.0. The summed E-state index contributed by atoms with van der Waals surface area (Å²) in [5.74, 6) is 0.262. The Bertz CT molecular complexity index is 925. The molecule has 0 bridgehead atoms. The summed E-state index contributed by atoms with van der Waals surface area (Å²) in [4.78, 5) is 14.5. The van der Waals surface area contributed by atoms with Crippen LogP contribution in [0.2, 0.25) is 0 Å². The van der Waals surface area contributed by atoms with Crippen LogP contribution in [-0.2, 0) is 0 Å². The Hall–Kier alpha value is -3.62. The Morgan fingerprint density at radius 3 is 2.07 bits per heavy atom. The first kappa shape index (κ1) is 18.2. The molecule has 0 saturated heterocycles. The molecule has 0 radical (unpaired) electrons. The van der Waals surface area contributed by atoms with Gasteiger partial charge in [-0.25, -0.2) is 14.2 Å². The fraction of sp³-hybridized carbons (Fsp3) is 0.111. The summed E-state index contributed by atoms with van der Waals surface area (Å²) in [5.41, 5.74) is 4.08. The highest BCUT2D eigenvalue weighted by Gasteiger charge is 2.08. The van der Waals surface area contributed by atoms with E-state index in [2.05, 4.69) is 30.8 Å². The molecule has 0 atom stereocenters. The highest BCUT2D eigenvalue weighted by Crippen LogP contribution is 2.17. The quantitative estimate of drug-likeness (QED) is 0.512. The van der Waals surface area contributed by atoms with Gasteiger partial charge in [0.2, 0.25) is 17.8 Å². The first-order chi connectivity index (χ1) is 13.0. The van der Waals surface area contributed by atoms with Gasteiger partial charge < -0.3 is 10.2 Å². The van der Waals surface area contributed by atoms with Gasteiger partial charge in [-0.2, -0.15) is 20.1 Å². The van der Waals surface area contributed by atoms with E-state index in [4.69, 9.17) is 0 Å². The standard InChI is InChI=1S/C18H17F2N7/c1-27(2)18-24-16(22-15-9-7-14(20)8-10-15)23-17(25-18)26-21-11-12-3-5-13(19)6-4-12/h3-11H,1-2H3,(H2,22,23,24,25,26)/b21-11-. The van der Waals surface area contributed by atoms with Crippen molar-refractivity contribution in [1.29, 1.82) is 0 Å². The summed E-state index contributed by atoms with van der Waals surface area (Å²) in [5, 5.41) is 7.05. The summed E-state index contributed by atoms with van der Waals surface area (Å²) >= 11 is 0. The zero-order valence-electron chi connectivity index (χ0n) is 14.7. The second-order valence-corrected chi connectivity index (χ2v) is 5.73. The smallest absolute Gasteiger partial charge is 0.250 e. The van der Waals surface area contributed by atoms with Gasteiger partial charge in [0, 0.05) is 19.8 Å². The van der Waals surface area contributed by atoms with Gasteiger partial charge in [-0.3, -0.25) is 0 Å². The number of rotatable bonds is 6. The number of hydrogen-bond donors (Lipinski definition) is 2. The molecule has 7 nitrogen and oxygen atoms in total. The predicted octanol–water partition coefficient (Wildman–Crippen LogP) is 3.41. The van der Waals surface area contributed by atoms with Crippen molar-refractivity contribution in [3.8, 4) is 0 Å². The molecule has 0 saturated carbocycles. The van der Waals surface area contributed by atoms with Gasteiger partial charge in [-0.1, -0.05) is 12.1 Å². The van der Waals surface area contributed by atoms with Gasteiger partial charge in [0.05, 0.1) is 6.21 Å². The first-order valence-corrected chi connectivity index (χ1v) is 8.00. The van der Waals surface area contributed by atoms with E-state index in [1.807, 2.05) is 0 Å². The van der Waals surface area contributed by atoms with Crippen LogP contribution in [0.4, 0.5) is 32.3 Å². The van der Waals surface area contributed by atoms with E-state index in [1.165, 1.54) is 30.5 Å². The summed E-state index contributed by atoms with van der Waals surface area (Å²) in [7, 11) is 3.59. The topological polar surface area (TPSA) is 78.3 Å². The van der Waals surface area contributed by atoms with Crippen LogP contribution < -0.4 is 15.6 Å². The minimum absolute atomic E-state index is 0.219. The molecular formula is C18H17F2N7. The van der Waals surface area contributed by atoms with E-state index >= 15 is 0 Å². The summed E-state index contributed by atoms with van der Waals surface area (Å²) in [6.45, 7) is 0. The fourth-order valence-electron chi connectivity index (χ4n) is 2.05. The molecule has 138 valence electrons. The molecule has 9 heteroatoms. The van der Waals surface area contributed by atoms with Gasteiger partial charge in [0.15, 0.2) is 0 Å². The number of hydrazone groups is 1. The highest BCUT2D eigenvalue weighted by molar-refractivity contribution is 5.79. The number of nitrogens with one attached hydrogen (secondary N) is 2. The van der Waals surface area contributed by atoms with Crippen molar-refractivity contribution in [2.45, 2.75) is 0 Å². The lowest BCUT2D eigenvalue weighted by atomic mass is 10.2. The zero-order valence-corrected chi connectivity index (χ0v) is 14.7. The number of halogens is 2. The second kappa shape index (κ2) is 8.17. The van der Waals surface area contributed by atoms with Crippen LogP contribution >= 0.6 is 0 Å². The van der Waals surface area contributed by atoms with Crippen LogP contribution in [0.15, 0.2) is 53.6 Å². The maximum atomic E-state index is 13.0. The number of aromatic nitrogens is 3. The van der Waals surface area contributed by atoms with Crippen LogP contribution in [0.5, 0.6) is 0 Å². The average Bonchev–Trinajstić information content (AvgIpc) is 2.65. The normalized spacial score (nSPS) is 10.8. The summed E-state index contributed by atoms with van der Waals surface area (Å²) in [6.07, 6.45) is 1.52. The third-order valence-electron chi connectivity index (χ3n) is 3.37. The third kappa shape index (κ3) is 5.18. The monoisotopic (exact) mass is 369 g/mol. The van der Waals surface area contributed by atoms with Gasteiger partial charge in [-0.15, -0.1) is 0 Å². The van der Waals surface area contributed by atoms with E-state index in [0.717, 1.165) is 5.56 Å². The molecule has 0 aliphatic heterocycles. The summed E-state index contributed by atoms with van der Waals surface area (Å²) in [6, 6.07) is 11.7. The Morgan fingerprint density at radius 1 is 0.852 bits per heavy atom. The maximum Gasteiger partial charge on any atom is 0.250 e. The second-order valence-electron chi connectivity index (χ2n) is 5.73. The van der Waals surface area contributed by atoms with Crippen LogP contribution in [0, 0.1) is 11.6 Å². The molecule has 1 heterocycles. The largest absolute Gasteiger partial charge is 0.347 e. The van der Waals surface area contributed by atoms with Crippen LogP contribution in [-0.4, -0.2) is 35.3 Å². The highest BCUT2D eigenvalue weighted by atomic mass is 19.1. The minimum atomic E-state index is -0.331. The predicted molar refractivity (Wildman–Crippen MR) is 101 cm³/mol. The van der Waals surface area contributed by atoms with Crippen LogP contribution in [0.3, 0.4) is 0 Å². The van der Waals surface area contributed by atoms with E-state index in [1.54, 1.807) is 43.3 Å². The van der Waals surface area contributed by atoms with Gasteiger partial charge in [-0.05, 0) is 42.0 Å². The molecule has 2 aromatic carbocycles. The lowest BCUT2D eigenvalue weighted by Gasteiger charge is -2.13. The zero-order chi connectivity index (χ0) is 19.2. The Morgan fingerprint density at radius 2 is 1.44 bits per heavy atom. The van der Waals surface area contributed by atoms with Crippen molar-refractivity contribution in [2.24, 2.45) is 5.10 Å². The van der Waals surface area contributed by atoms with E-state index < -0.39 is 0 Å². The van der Waals surface area contributed by atoms with Crippen molar-refractivity contribution < 1.29 is 8.78 Å². The Balaban J connectivity index is 1.78. The van der Waals surface area contributed by atoms with Gasteiger partial charge in [0.25, 0.3) is 0 Å². The fourth-order valence-corrected chi connectivity index (χ4v) is 2.05. The molecule has 0 unspecified atom stereocenters. The van der Waals surface area contributed by atoms with Crippen LogP contribution in [0.1, 0.15) is 5.56 Å².